The molecule has 0 aromatic carbocycles. The number of anilines is 1. The molecule has 7 heteroatoms. The predicted octanol–water partition coefficient (Wildman–Crippen LogP) is 0.990. The Balaban J connectivity index is 2.05. The molecule has 7 nitrogen and oxygen atoms in total. The van der Waals surface area contributed by atoms with E-state index in [4.69, 9.17) is 5.11 Å². The molecule has 1 aromatic rings. The van der Waals surface area contributed by atoms with Gasteiger partial charge in [0.05, 0.1) is 6.07 Å². The van der Waals surface area contributed by atoms with Gasteiger partial charge in [-0.1, -0.05) is 12.8 Å². The number of aliphatic carboxylic acids is 1. The van der Waals surface area contributed by atoms with Gasteiger partial charge in [-0.3, -0.25) is 14.3 Å². The van der Waals surface area contributed by atoms with Crippen molar-refractivity contribution in [3.05, 3.63) is 12.3 Å². The lowest BCUT2D eigenvalue weighted by Crippen LogP contribution is -2.32. The molecule has 0 atom stereocenters. The Morgan fingerprint density at radius 2 is 2.21 bits per heavy atom. The average molecular weight is 262 g/mol. The zero-order valence-electron chi connectivity index (χ0n) is 10.3. The molecule has 2 N–H and O–H groups in total. The Hall–Kier alpha value is -2.36. The summed E-state index contributed by atoms with van der Waals surface area (Å²) in [5.74, 6) is -1.09. The summed E-state index contributed by atoms with van der Waals surface area (Å²) in [5, 5.41) is 24.3. The molecule has 19 heavy (non-hydrogen) atoms. The number of hydrogen-bond donors (Lipinski definition) is 2. The van der Waals surface area contributed by atoms with E-state index < -0.39 is 11.4 Å². The first kappa shape index (κ1) is 13.1. The molecule has 0 aliphatic heterocycles. The lowest BCUT2D eigenvalue weighted by Gasteiger charge is -2.17. The minimum atomic E-state index is -1.01. The summed E-state index contributed by atoms with van der Waals surface area (Å²) in [5.41, 5.74) is -0.962. The number of hydrogen-bond acceptors (Lipinski definition) is 4. The normalized spacial score (nSPS) is 16.8. The van der Waals surface area contributed by atoms with Gasteiger partial charge in [-0.2, -0.15) is 10.4 Å². The first-order valence-electron chi connectivity index (χ1n) is 6.04. The molecule has 2 rings (SSSR count). The second-order valence-electron chi connectivity index (χ2n) is 4.65. The van der Waals surface area contributed by atoms with Crippen LogP contribution in [0, 0.1) is 16.7 Å². The standard InChI is InChI=1S/C12H14N4O3/c13-8-12(4-1-2-5-12)11(19)14-9-3-6-16(15-9)7-10(17)18/h3,6H,1-2,4-5,7H2,(H,17,18)(H,14,15,19). The van der Waals surface area contributed by atoms with Gasteiger partial charge in [-0.15, -0.1) is 0 Å². The van der Waals surface area contributed by atoms with E-state index in [2.05, 4.69) is 16.5 Å². The summed E-state index contributed by atoms with van der Waals surface area (Å²) in [4.78, 5) is 22.6. The number of nitrogens with one attached hydrogen (secondary N) is 1. The molecule has 0 radical (unpaired) electrons. The number of rotatable bonds is 4. The molecule has 0 unspecified atom stereocenters. The quantitative estimate of drug-likeness (QED) is 0.841. The topological polar surface area (TPSA) is 108 Å². The van der Waals surface area contributed by atoms with Crippen molar-refractivity contribution in [1.29, 1.82) is 5.26 Å². The second kappa shape index (κ2) is 5.10. The molecule has 0 saturated heterocycles. The highest BCUT2D eigenvalue weighted by molar-refractivity contribution is 5.96. The molecule has 0 bridgehead atoms. The third-order valence-electron chi connectivity index (χ3n) is 3.29. The number of nitriles is 1. The van der Waals surface area contributed by atoms with Crippen LogP contribution in [0.15, 0.2) is 12.3 Å². The van der Waals surface area contributed by atoms with Gasteiger partial charge in [0.25, 0.3) is 0 Å². The van der Waals surface area contributed by atoms with Crippen molar-refractivity contribution in [1.82, 2.24) is 9.78 Å². The van der Waals surface area contributed by atoms with Crippen molar-refractivity contribution in [3.8, 4) is 6.07 Å². The van der Waals surface area contributed by atoms with Crippen LogP contribution in [0.1, 0.15) is 25.7 Å². The lowest BCUT2D eigenvalue weighted by molar-refractivity contribution is -0.137. The third-order valence-corrected chi connectivity index (χ3v) is 3.29. The monoisotopic (exact) mass is 262 g/mol. The predicted molar refractivity (Wildman–Crippen MR) is 65.0 cm³/mol. The van der Waals surface area contributed by atoms with E-state index >= 15 is 0 Å². The highest BCUT2D eigenvalue weighted by Gasteiger charge is 2.41. The van der Waals surface area contributed by atoms with Crippen LogP contribution in [0.25, 0.3) is 0 Å². The number of nitrogens with zero attached hydrogens (tertiary/aromatic N) is 3. The summed E-state index contributed by atoms with van der Waals surface area (Å²) in [6.45, 7) is -0.265. The Kier molecular flexibility index (Phi) is 3.51. The van der Waals surface area contributed by atoms with Crippen LogP contribution in [0.2, 0.25) is 0 Å². The van der Waals surface area contributed by atoms with Crippen LogP contribution >= 0.6 is 0 Å². The molecule has 1 aliphatic carbocycles. The van der Waals surface area contributed by atoms with Crippen molar-refractivity contribution in [2.75, 3.05) is 5.32 Å². The van der Waals surface area contributed by atoms with Crippen LogP contribution in [-0.2, 0) is 16.1 Å². The number of amides is 1. The van der Waals surface area contributed by atoms with Crippen LogP contribution in [0.5, 0.6) is 0 Å². The highest BCUT2D eigenvalue weighted by Crippen LogP contribution is 2.38. The Morgan fingerprint density at radius 3 is 2.79 bits per heavy atom. The van der Waals surface area contributed by atoms with Crippen LogP contribution < -0.4 is 5.32 Å². The number of carbonyl (C=O) groups excluding carboxylic acids is 1. The number of aromatic nitrogens is 2. The van der Waals surface area contributed by atoms with Crippen molar-refractivity contribution in [2.24, 2.45) is 5.41 Å². The molecule has 100 valence electrons. The summed E-state index contributed by atoms with van der Waals surface area (Å²) in [7, 11) is 0. The van der Waals surface area contributed by atoms with Gasteiger partial charge in [-0.25, -0.2) is 0 Å². The number of carboxylic acids is 1. The van der Waals surface area contributed by atoms with Crippen molar-refractivity contribution < 1.29 is 14.7 Å². The van der Waals surface area contributed by atoms with Gasteiger partial charge in [-0.05, 0) is 12.8 Å². The molecule has 1 fully saturated rings. The summed E-state index contributed by atoms with van der Waals surface area (Å²) in [6.07, 6.45) is 4.33. The fraction of sp³-hybridized carbons (Fsp3) is 0.500. The molecule has 1 saturated carbocycles. The van der Waals surface area contributed by atoms with E-state index in [0.29, 0.717) is 12.8 Å². The van der Waals surface area contributed by atoms with Crippen LogP contribution in [0.3, 0.4) is 0 Å². The minimum absolute atomic E-state index is 0.265. The average Bonchev–Trinajstić information content (AvgIpc) is 2.98. The fourth-order valence-electron chi connectivity index (χ4n) is 2.26. The zero-order chi connectivity index (χ0) is 13.9. The van der Waals surface area contributed by atoms with Crippen molar-refractivity contribution in [3.63, 3.8) is 0 Å². The van der Waals surface area contributed by atoms with Gasteiger partial charge < -0.3 is 10.4 Å². The lowest BCUT2D eigenvalue weighted by atomic mass is 9.87. The van der Waals surface area contributed by atoms with Gasteiger partial charge in [0, 0.05) is 12.3 Å². The number of carbonyl (C=O) groups is 2. The molecule has 1 aliphatic rings. The minimum Gasteiger partial charge on any atom is -0.480 e. The Bertz CT molecular complexity index is 537. The van der Waals surface area contributed by atoms with Crippen molar-refractivity contribution >= 4 is 17.7 Å². The summed E-state index contributed by atoms with van der Waals surface area (Å²) in [6, 6.07) is 3.61. The maximum Gasteiger partial charge on any atom is 0.325 e. The molecule has 1 aromatic heterocycles. The summed E-state index contributed by atoms with van der Waals surface area (Å²) < 4.78 is 1.21. The van der Waals surface area contributed by atoms with E-state index in [9.17, 15) is 14.9 Å². The van der Waals surface area contributed by atoms with E-state index in [1.165, 1.54) is 16.9 Å². The molecule has 0 spiro atoms. The van der Waals surface area contributed by atoms with E-state index in [1.807, 2.05) is 0 Å². The van der Waals surface area contributed by atoms with E-state index in [-0.39, 0.29) is 18.3 Å². The first-order chi connectivity index (χ1) is 9.05. The summed E-state index contributed by atoms with van der Waals surface area (Å²) >= 11 is 0. The van der Waals surface area contributed by atoms with Gasteiger partial charge in [0.1, 0.15) is 12.0 Å². The zero-order valence-corrected chi connectivity index (χ0v) is 10.3. The van der Waals surface area contributed by atoms with E-state index in [1.54, 1.807) is 0 Å². The largest absolute Gasteiger partial charge is 0.480 e. The van der Waals surface area contributed by atoms with Gasteiger partial charge in [0.15, 0.2) is 5.82 Å². The Morgan fingerprint density at radius 1 is 1.53 bits per heavy atom. The second-order valence-corrected chi connectivity index (χ2v) is 4.65. The van der Waals surface area contributed by atoms with Gasteiger partial charge >= 0.3 is 5.97 Å². The Labute approximate surface area is 109 Å². The van der Waals surface area contributed by atoms with Crippen LogP contribution in [0.4, 0.5) is 5.82 Å². The highest BCUT2D eigenvalue weighted by atomic mass is 16.4. The smallest absolute Gasteiger partial charge is 0.325 e. The SMILES string of the molecule is N#CC1(C(=O)Nc2ccn(CC(=O)O)n2)CCCC1. The first-order valence-corrected chi connectivity index (χ1v) is 6.04. The molecule has 1 heterocycles. The molecular weight excluding hydrogens is 248 g/mol. The number of carboxylic acid groups (broad SMARTS) is 1. The maximum absolute atomic E-state index is 12.1. The van der Waals surface area contributed by atoms with E-state index in [0.717, 1.165) is 12.8 Å². The third kappa shape index (κ3) is 2.73. The fourth-order valence-corrected chi connectivity index (χ4v) is 2.26. The van der Waals surface area contributed by atoms with Gasteiger partial charge in [0.2, 0.25) is 5.91 Å². The van der Waals surface area contributed by atoms with Crippen LogP contribution in [-0.4, -0.2) is 26.8 Å². The van der Waals surface area contributed by atoms with Crippen molar-refractivity contribution in [2.45, 2.75) is 32.2 Å². The molecule has 1 amide bonds. The maximum atomic E-state index is 12.1. The molecular formula is C12H14N4O3.